The van der Waals surface area contributed by atoms with Gasteiger partial charge < -0.3 is 10.4 Å². The van der Waals surface area contributed by atoms with Crippen molar-refractivity contribution in [2.24, 2.45) is 23.7 Å². The van der Waals surface area contributed by atoms with Gasteiger partial charge in [0.2, 0.25) is 5.91 Å². The van der Waals surface area contributed by atoms with Crippen molar-refractivity contribution in [3.63, 3.8) is 0 Å². The highest BCUT2D eigenvalue weighted by molar-refractivity contribution is 5.95. The number of hydrogen-bond donors (Lipinski definition) is 2. The Hall–Kier alpha value is -1.39. The van der Waals surface area contributed by atoms with Gasteiger partial charge in [0.25, 0.3) is 0 Å². The van der Waals surface area contributed by atoms with Gasteiger partial charge in [-0.1, -0.05) is 25.0 Å². The third-order valence-electron chi connectivity index (χ3n) is 6.53. The Bertz CT molecular complexity index is 598. The van der Waals surface area contributed by atoms with Crippen molar-refractivity contribution in [3.05, 3.63) is 29.8 Å². The number of amides is 1. The van der Waals surface area contributed by atoms with Crippen LogP contribution < -0.4 is 5.32 Å². The summed E-state index contributed by atoms with van der Waals surface area (Å²) in [7, 11) is 0. The largest absolute Gasteiger partial charge is 0.396 e. The topological polar surface area (TPSA) is 52.6 Å². The van der Waals surface area contributed by atoms with Gasteiger partial charge in [-0.25, -0.2) is 0 Å². The van der Waals surface area contributed by atoms with Gasteiger partial charge in [0.15, 0.2) is 0 Å². The summed E-state index contributed by atoms with van der Waals surface area (Å²) in [4.78, 5) is 15.0. The number of anilines is 1. The highest BCUT2D eigenvalue weighted by Gasteiger charge is 2.54. The lowest BCUT2D eigenvalue weighted by Gasteiger charge is -2.31. The molecule has 0 radical (unpaired) electrons. The molecule has 2 saturated carbocycles. The Kier molecular flexibility index (Phi) is 5.09. The number of piperidine rings is 1. The van der Waals surface area contributed by atoms with Crippen molar-refractivity contribution < 1.29 is 9.90 Å². The van der Waals surface area contributed by atoms with E-state index in [0.29, 0.717) is 24.4 Å². The predicted molar refractivity (Wildman–Crippen MR) is 99.1 cm³/mol. The zero-order chi connectivity index (χ0) is 17.2. The van der Waals surface area contributed by atoms with Crippen LogP contribution in [0.1, 0.15) is 44.1 Å². The van der Waals surface area contributed by atoms with Crippen LogP contribution in [0.15, 0.2) is 24.3 Å². The van der Waals surface area contributed by atoms with Crippen LogP contribution in [-0.2, 0) is 11.3 Å². The predicted octanol–water partition coefficient (Wildman–Crippen LogP) is 3.27. The van der Waals surface area contributed by atoms with E-state index < -0.39 is 0 Å². The lowest BCUT2D eigenvalue weighted by atomic mass is 9.97. The van der Waals surface area contributed by atoms with Gasteiger partial charge in [-0.15, -0.1) is 0 Å². The van der Waals surface area contributed by atoms with Crippen LogP contribution in [-0.4, -0.2) is 35.6 Å². The van der Waals surface area contributed by atoms with Crippen molar-refractivity contribution in [3.8, 4) is 0 Å². The summed E-state index contributed by atoms with van der Waals surface area (Å²) in [6.07, 6.45) is 7.24. The van der Waals surface area contributed by atoms with Crippen LogP contribution in [0.4, 0.5) is 5.69 Å². The SMILES string of the molecule is O=C(Nc1cccc(CN2CCC(CO)CC2)c1)C1C2CCCCC21. The van der Waals surface area contributed by atoms with E-state index in [1.54, 1.807) is 0 Å². The molecule has 1 amide bonds. The molecular weight excluding hydrogens is 312 g/mol. The number of hydrogen-bond acceptors (Lipinski definition) is 3. The zero-order valence-electron chi connectivity index (χ0n) is 15.0. The van der Waals surface area contributed by atoms with Gasteiger partial charge in [-0.05, 0) is 74.2 Å². The van der Waals surface area contributed by atoms with Gasteiger partial charge in [0.05, 0.1) is 0 Å². The quantitative estimate of drug-likeness (QED) is 0.863. The molecule has 1 aromatic carbocycles. The standard InChI is InChI=1S/C21H30N2O2/c24-14-15-8-10-23(11-9-15)13-16-4-3-5-17(12-16)22-21(25)20-18-6-1-2-7-19(18)20/h3-5,12,15,18-20,24H,1-2,6-11,13-14H2,(H,22,25). The molecule has 0 spiro atoms. The van der Waals surface area contributed by atoms with Crippen molar-refractivity contribution in [2.45, 2.75) is 45.1 Å². The fourth-order valence-electron chi connectivity index (χ4n) is 4.94. The number of rotatable bonds is 5. The molecule has 3 fully saturated rings. The number of likely N-dealkylation sites (tertiary alicyclic amines) is 1. The normalized spacial score (nSPS) is 29.9. The number of aliphatic hydroxyl groups is 1. The van der Waals surface area contributed by atoms with E-state index in [9.17, 15) is 9.90 Å². The average molecular weight is 342 g/mol. The minimum absolute atomic E-state index is 0.234. The fraction of sp³-hybridized carbons (Fsp3) is 0.667. The van der Waals surface area contributed by atoms with E-state index in [1.807, 2.05) is 12.1 Å². The monoisotopic (exact) mass is 342 g/mol. The summed E-state index contributed by atoms with van der Waals surface area (Å²) in [5.74, 6) is 2.29. The van der Waals surface area contributed by atoms with E-state index in [0.717, 1.165) is 38.2 Å². The number of carbonyl (C=O) groups excluding carboxylic acids is 1. The van der Waals surface area contributed by atoms with Gasteiger partial charge >= 0.3 is 0 Å². The second-order valence-corrected chi connectivity index (χ2v) is 8.23. The number of aliphatic hydroxyl groups excluding tert-OH is 1. The lowest BCUT2D eigenvalue weighted by Crippen LogP contribution is -2.34. The first-order chi connectivity index (χ1) is 12.2. The fourth-order valence-corrected chi connectivity index (χ4v) is 4.94. The Morgan fingerprint density at radius 1 is 1.12 bits per heavy atom. The smallest absolute Gasteiger partial charge is 0.228 e. The molecular formula is C21H30N2O2. The molecule has 2 N–H and O–H groups in total. The molecule has 0 aromatic heterocycles. The molecule has 1 aromatic rings. The first-order valence-corrected chi connectivity index (χ1v) is 9.97. The first kappa shape index (κ1) is 17.0. The minimum atomic E-state index is 0.234. The molecule has 0 bridgehead atoms. The second-order valence-electron chi connectivity index (χ2n) is 8.23. The Morgan fingerprint density at radius 2 is 1.84 bits per heavy atom. The summed E-state index contributed by atoms with van der Waals surface area (Å²) in [6, 6.07) is 8.32. The average Bonchev–Trinajstić information content (AvgIpc) is 3.37. The molecule has 25 heavy (non-hydrogen) atoms. The summed E-state index contributed by atoms with van der Waals surface area (Å²) < 4.78 is 0. The number of fused-ring (bicyclic) bond motifs is 1. The molecule has 4 rings (SSSR count). The second kappa shape index (κ2) is 7.46. The molecule has 2 unspecified atom stereocenters. The molecule has 4 heteroatoms. The minimum Gasteiger partial charge on any atom is -0.396 e. The lowest BCUT2D eigenvalue weighted by molar-refractivity contribution is -0.117. The van der Waals surface area contributed by atoms with Gasteiger partial charge in [0.1, 0.15) is 0 Å². The van der Waals surface area contributed by atoms with Crippen LogP contribution in [0.5, 0.6) is 0 Å². The molecule has 1 aliphatic heterocycles. The van der Waals surface area contributed by atoms with E-state index >= 15 is 0 Å². The first-order valence-electron chi connectivity index (χ1n) is 9.97. The maximum atomic E-state index is 12.6. The van der Waals surface area contributed by atoms with Crippen LogP contribution in [0.25, 0.3) is 0 Å². The van der Waals surface area contributed by atoms with Crippen LogP contribution in [0.2, 0.25) is 0 Å². The number of benzene rings is 1. The number of carbonyl (C=O) groups is 1. The molecule has 2 aliphatic carbocycles. The van der Waals surface area contributed by atoms with Crippen LogP contribution >= 0.6 is 0 Å². The summed E-state index contributed by atoms with van der Waals surface area (Å²) in [6.45, 7) is 3.34. The van der Waals surface area contributed by atoms with E-state index in [-0.39, 0.29) is 11.8 Å². The summed E-state index contributed by atoms with van der Waals surface area (Å²) in [5, 5.41) is 12.4. The highest BCUT2D eigenvalue weighted by atomic mass is 16.3. The third kappa shape index (κ3) is 3.90. The molecule has 1 saturated heterocycles. The summed E-state index contributed by atoms with van der Waals surface area (Å²) in [5.41, 5.74) is 2.20. The van der Waals surface area contributed by atoms with Crippen molar-refractivity contribution in [1.82, 2.24) is 4.90 Å². The van der Waals surface area contributed by atoms with Gasteiger partial charge in [-0.2, -0.15) is 0 Å². The Balaban J connectivity index is 1.31. The Labute approximate surface area is 150 Å². The maximum Gasteiger partial charge on any atom is 0.228 e. The van der Waals surface area contributed by atoms with Crippen LogP contribution in [0.3, 0.4) is 0 Å². The third-order valence-corrected chi connectivity index (χ3v) is 6.53. The molecule has 3 aliphatic rings. The molecule has 4 nitrogen and oxygen atoms in total. The summed E-state index contributed by atoms with van der Waals surface area (Å²) >= 11 is 0. The number of nitrogens with zero attached hydrogens (tertiary/aromatic N) is 1. The van der Waals surface area contributed by atoms with Gasteiger partial charge in [0, 0.05) is 24.8 Å². The highest BCUT2D eigenvalue weighted by Crippen LogP contribution is 2.55. The molecule has 2 atom stereocenters. The van der Waals surface area contributed by atoms with E-state index in [2.05, 4.69) is 22.3 Å². The van der Waals surface area contributed by atoms with Crippen molar-refractivity contribution >= 4 is 11.6 Å². The van der Waals surface area contributed by atoms with E-state index in [1.165, 1.54) is 31.2 Å². The molecule has 136 valence electrons. The zero-order valence-corrected chi connectivity index (χ0v) is 15.0. The van der Waals surface area contributed by atoms with E-state index in [4.69, 9.17) is 0 Å². The van der Waals surface area contributed by atoms with Gasteiger partial charge in [-0.3, -0.25) is 9.69 Å². The van der Waals surface area contributed by atoms with Crippen molar-refractivity contribution in [1.29, 1.82) is 0 Å². The molecule has 1 heterocycles. The number of nitrogens with one attached hydrogen (secondary N) is 1. The van der Waals surface area contributed by atoms with Crippen LogP contribution in [0, 0.1) is 23.7 Å². The van der Waals surface area contributed by atoms with Crippen molar-refractivity contribution in [2.75, 3.05) is 25.0 Å². The Morgan fingerprint density at radius 3 is 2.52 bits per heavy atom. The maximum absolute atomic E-state index is 12.6.